The first-order chi connectivity index (χ1) is 17.4. The Morgan fingerprint density at radius 1 is 1.17 bits per heavy atom. The predicted octanol–water partition coefficient (Wildman–Crippen LogP) is 3.61. The number of carbonyl (C=O) groups is 2. The van der Waals surface area contributed by atoms with Crippen LogP contribution in [0.5, 0.6) is 11.6 Å². The molecule has 2 heterocycles. The van der Waals surface area contributed by atoms with Gasteiger partial charge in [0, 0.05) is 17.4 Å². The van der Waals surface area contributed by atoms with Gasteiger partial charge in [-0.25, -0.2) is 19.1 Å². The van der Waals surface area contributed by atoms with E-state index in [0.29, 0.717) is 17.9 Å². The molecule has 0 saturated carbocycles. The van der Waals surface area contributed by atoms with Crippen molar-refractivity contribution in [3.63, 3.8) is 0 Å². The van der Waals surface area contributed by atoms with Gasteiger partial charge in [0.2, 0.25) is 11.8 Å². The molecule has 10 nitrogen and oxygen atoms in total. The van der Waals surface area contributed by atoms with Gasteiger partial charge < -0.3 is 24.9 Å². The minimum absolute atomic E-state index is 0.0526. The molecule has 0 fully saturated rings. The van der Waals surface area contributed by atoms with Crippen molar-refractivity contribution in [1.82, 2.24) is 14.5 Å². The van der Waals surface area contributed by atoms with Crippen LogP contribution < -0.4 is 15.7 Å². The number of aromatic hydroxyl groups is 1. The second-order valence-corrected chi connectivity index (χ2v) is 8.54. The molecule has 1 amide bonds. The monoisotopic (exact) mass is 508 g/mol. The Morgan fingerprint density at radius 3 is 2.56 bits per heavy atom. The van der Waals surface area contributed by atoms with E-state index in [9.17, 15) is 19.5 Å². The molecular formula is C25H24N4O6S. The molecule has 0 bridgehead atoms. The zero-order chi connectivity index (χ0) is 25.7. The van der Waals surface area contributed by atoms with Crippen LogP contribution in [0.4, 0.5) is 5.13 Å². The summed E-state index contributed by atoms with van der Waals surface area (Å²) < 4.78 is 11.1. The summed E-state index contributed by atoms with van der Waals surface area (Å²) in [5, 5.41) is 15.3. The van der Waals surface area contributed by atoms with Gasteiger partial charge in [-0.05, 0) is 36.8 Å². The maximum atomic E-state index is 13.4. The number of nitrogens with one attached hydrogen (secondary N) is 2. The van der Waals surface area contributed by atoms with Crippen LogP contribution in [0.3, 0.4) is 0 Å². The summed E-state index contributed by atoms with van der Waals surface area (Å²) in [6, 6.07) is 14.9. The van der Waals surface area contributed by atoms with Crippen LogP contribution in [0, 0.1) is 0 Å². The fraction of sp³-hybridized carbons (Fsp3) is 0.200. The number of hydrogen-bond donors (Lipinski definition) is 3. The molecule has 4 rings (SSSR count). The Bertz CT molecular complexity index is 1410. The van der Waals surface area contributed by atoms with E-state index in [0.717, 1.165) is 21.5 Å². The van der Waals surface area contributed by atoms with Crippen molar-refractivity contribution in [1.29, 1.82) is 0 Å². The molecule has 3 N–H and O–H groups in total. The van der Waals surface area contributed by atoms with Crippen LogP contribution in [-0.4, -0.2) is 45.2 Å². The highest BCUT2D eigenvalue weighted by atomic mass is 32.1. The van der Waals surface area contributed by atoms with Crippen molar-refractivity contribution in [2.45, 2.75) is 19.4 Å². The topological polar surface area (TPSA) is 136 Å². The number of thiazole rings is 1. The summed E-state index contributed by atoms with van der Waals surface area (Å²) in [6.07, 6.45) is 0.121. The molecule has 0 unspecified atom stereocenters. The van der Waals surface area contributed by atoms with Crippen LogP contribution in [0.25, 0.3) is 11.3 Å². The molecule has 11 heteroatoms. The van der Waals surface area contributed by atoms with Gasteiger partial charge in [0.05, 0.1) is 13.7 Å². The van der Waals surface area contributed by atoms with Crippen LogP contribution in [0.15, 0.2) is 64.8 Å². The highest BCUT2D eigenvalue weighted by Crippen LogP contribution is 2.31. The number of amides is 1. The van der Waals surface area contributed by atoms with Crippen LogP contribution >= 0.6 is 11.3 Å². The van der Waals surface area contributed by atoms with Crippen molar-refractivity contribution >= 4 is 28.3 Å². The van der Waals surface area contributed by atoms with Gasteiger partial charge in [0.15, 0.2) is 10.8 Å². The number of benzene rings is 2. The van der Waals surface area contributed by atoms with E-state index >= 15 is 0 Å². The van der Waals surface area contributed by atoms with Gasteiger partial charge in [0.25, 0.3) is 0 Å². The summed E-state index contributed by atoms with van der Waals surface area (Å²) >= 11 is 1.04. The fourth-order valence-corrected chi connectivity index (χ4v) is 4.35. The lowest BCUT2D eigenvalue weighted by molar-refractivity contribution is -0.119. The van der Waals surface area contributed by atoms with Crippen molar-refractivity contribution < 1.29 is 24.2 Å². The average Bonchev–Trinajstić information content (AvgIpc) is 3.47. The Hall–Kier alpha value is -4.38. The molecule has 186 valence electrons. The van der Waals surface area contributed by atoms with E-state index < -0.39 is 23.6 Å². The summed E-state index contributed by atoms with van der Waals surface area (Å²) in [6.45, 7) is 2.38. The van der Waals surface area contributed by atoms with E-state index in [1.165, 1.54) is 12.5 Å². The second-order valence-electron chi connectivity index (χ2n) is 7.68. The Labute approximate surface area is 210 Å². The highest BCUT2D eigenvalue weighted by Gasteiger charge is 2.29. The molecule has 2 aromatic carbocycles. The molecule has 36 heavy (non-hydrogen) atoms. The lowest BCUT2D eigenvalue weighted by Crippen LogP contribution is -2.33. The number of rotatable bonds is 9. The van der Waals surface area contributed by atoms with E-state index in [4.69, 9.17) is 4.74 Å². The zero-order valence-electron chi connectivity index (χ0n) is 19.6. The number of aromatic nitrogens is 3. The third-order valence-corrected chi connectivity index (χ3v) is 6.13. The smallest absolute Gasteiger partial charge is 0.357 e. The van der Waals surface area contributed by atoms with Crippen molar-refractivity contribution in [3.8, 4) is 22.9 Å². The molecule has 0 spiro atoms. The lowest BCUT2D eigenvalue weighted by atomic mass is 10.0. The number of aromatic amines is 1. The number of hydrogen-bond acceptors (Lipinski definition) is 8. The number of esters is 1. The Morgan fingerprint density at radius 2 is 1.89 bits per heavy atom. The van der Waals surface area contributed by atoms with Crippen molar-refractivity contribution in [2.24, 2.45) is 0 Å². The molecule has 2 aromatic heterocycles. The summed E-state index contributed by atoms with van der Waals surface area (Å²) in [5.41, 5.74) is 0.908. The second kappa shape index (κ2) is 10.9. The average molecular weight is 509 g/mol. The van der Waals surface area contributed by atoms with Gasteiger partial charge in [-0.2, -0.15) is 0 Å². The number of anilines is 1. The molecule has 1 atom stereocenters. The molecule has 0 aliphatic rings. The van der Waals surface area contributed by atoms with Crippen LogP contribution in [0.1, 0.15) is 29.0 Å². The number of imidazole rings is 1. The first kappa shape index (κ1) is 24.7. The van der Waals surface area contributed by atoms with Gasteiger partial charge in [-0.3, -0.25) is 4.79 Å². The Kier molecular flexibility index (Phi) is 7.50. The number of methoxy groups -OCH3 is 1. The van der Waals surface area contributed by atoms with Crippen molar-refractivity contribution in [2.75, 3.05) is 19.0 Å². The van der Waals surface area contributed by atoms with Crippen LogP contribution in [-0.2, 0) is 16.0 Å². The van der Waals surface area contributed by atoms with E-state index in [2.05, 4.69) is 20.0 Å². The van der Waals surface area contributed by atoms with Gasteiger partial charge in [-0.15, -0.1) is 11.3 Å². The normalized spacial score (nSPS) is 11.6. The van der Waals surface area contributed by atoms with Gasteiger partial charge in [0.1, 0.15) is 17.5 Å². The predicted molar refractivity (Wildman–Crippen MR) is 135 cm³/mol. The summed E-state index contributed by atoms with van der Waals surface area (Å²) in [7, 11) is 1.23. The molecule has 0 saturated heterocycles. The highest BCUT2D eigenvalue weighted by molar-refractivity contribution is 7.14. The third-order valence-electron chi connectivity index (χ3n) is 5.37. The van der Waals surface area contributed by atoms with Crippen molar-refractivity contribution in [3.05, 3.63) is 81.7 Å². The number of carbonyl (C=O) groups excluding carboxylic acids is 2. The van der Waals surface area contributed by atoms with E-state index in [1.807, 2.05) is 37.3 Å². The number of nitrogens with zero attached hydrogens (tertiary/aromatic N) is 2. The molecular weight excluding hydrogens is 484 g/mol. The Balaban J connectivity index is 1.69. The minimum Gasteiger partial charge on any atom is -0.494 e. The molecule has 0 aliphatic carbocycles. The maximum Gasteiger partial charge on any atom is 0.357 e. The summed E-state index contributed by atoms with van der Waals surface area (Å²) in [4.78, 5) is 44.8. The zero-order valence-corrected chi connectivity index (χ0v) is 20.4. The maximum absolute atomic E-state index is 13.4. The van der Waals surface area contributed by atoms with E-state index in [-0.39, 0.29) is 28.8 Å². The number of H-pyrrole nitrogens is 1. The SMILES string of the molecule is CCOc1ccc(-c2[nH]c(=O)n([C@@H](Cc3ccccc3)C(=O)Nc3nc(C(=O)OC)cs3)c2O)cc1. The largest absolute Gasteiger partial charge is 0.494 e. The van der Waals surface area contributed by atoms with E-state index in [1.54, 1.807) is 24.3 Å². The third kappa shape index (κ3) is 5.31. The van der Waals surface area contributed by atoms with Crippen LogP contribution in [0.2, 0.25) is 0 Å². The first-order valence-corrected chi connectivity index (χ1v) is 11.9. The van der Waals surface area contributed by atoms with Gasteiger partial charge >= 0.3 is 11.7 Å². The fourth-order valence-electron chi connectivity index (χ4n) is 3.67. The molecule has 0 radical (unpaired) electrons. The number of ether oxygens (including phenoxy) is 2. The summed E-state index contributed by atoms with van der Waals surface area (Å²) in [5.74, 6) is -0.945. The standard InChI is InChI=1S/C25H24N4O6S/c1-3-35-17-11-9-16(10-12-17)20-22(31)29(25(33)27-20)19(13-15-7-5-4-6-8-15)21(30)28-24-26-18(14-36-24)23(32)34-2/h4-12,14,19,31H,3,13H2,1-2H3,(H,27,33)(H,26,28,30)/t19-/m0/s1. The molecule has 0 aliphatic heterocycles. The minimum atomic E-state index is -1.11. The van der Waals surface area contributed by atoms with Gasteiger partial charge in [-0.1, -0.05) is 30.3 Å². The quantitative estimate of drug-likeness (QED) is 0.294. The molecule has 4 aromatic rings. The lowest BCUT2D eigenvalue weighted by Gasteiger charge is -2.18. The first-order valence-electron chi connectivity index (χ1n) is 11.1.